The fourth-order valence-corrected chi connectivity index (χ4v) is 2.65. The maximum absolute atomic E-state index is 12.1. The van der Waals surface area contributed by atoms with Gasteiger partial charge < -0.3 is 16.4 Å². The maximum atomic E-state index is 12.1. The summed E-state index contributed by atoms with van der Waals surface area (Å²) >= 11 is 0. The highest BCUT2D eigenvalue weighted by Crippen LogP contribution is 2.21. The van der Waals surface area contributed by atoms with Crippen LogP contribution in [0, 0.1) is 20.8 Å². The zero-order valence-electron chi connectivity index (χ0n) is 14.2. The van der Waals surface area contributed by atoms with E-state index in [1.807, 2.05) is 51.1 Å². The van der Waals surface area contributed by atoms with Gasteiger partial charge in [-0.15, -0.1) is 0 Å². The lowest BCUT2D eigenvalue weighted by Crippen LogP contribution is -2.38. The van der Waals surface area contributed by atoms with Crippen LogP contribution in [0.15, 0.2) is 42.5 Å². The Morgan fingerprint density at radius 2 is 1.62 bits per heavy atom. The van der Waals surface area contributed by atoms with Crippen molar-refractivity contribution in [1.82, 2.24) is 5.32 Å². The highest BCUT2D eigenvalue weighted by atomic mass is 16.2. The summed E-state index contributed by atoms with van der Waals surface area (Å²) in [5.74, 6) is -0.660. The molecule has 0 saturated heterocycles. The number of carbonyl (C=O) groups is 2. The van der Waals surface area contributed by atoms with Gasteiger partial charge in [0.05, 0.1) is 6.54 Å². The monoisotopic (exact) mass is 325 g/mol. The molecule has 1 unspecified atom stereocenters. The summed E-state index contributed by atoms with van der Waals surface area (Å²) in [5, 5.41) is 5.42. The molecule has 24 heavy (non-hydrogen) atoms. The van der Waals surface area contributed by atoms with Crippen LogP contribution in [0.1, 0.15) is 28.3 Å². The number of aryl methyl sites for hydroxylation is 3. The molecule has 0 aromatic heterocycles. The molecule has 0 radical (unpaired) electrons. The van der Waals surface area contributed by atoms with Crippen LogP contribution in [0.4, 0.5) is 5.69 Å². The van der Waals surface area contributed by atoms with Crippen LogP contribution in [0.2, 0.25) is 0 Å². The molecule has 2 amide bonds. The van der Waals surface area contributed by atoms with Crippen LogP contribution in [0.3, 0.4) is 0 Å². The number of hydrogen-bond acceptors (Lipinski definition) is 3. The third kappa shape index (κ3) is 4.43. The van der Waals surface area contributed by atoms with Crippen LogP contribution in [0.25, 0.3) is 0 Å². The summed E-state index contributed by atoms with van der Waals surface area (Å²) in [6.45, 7) is 5.78. The highest BCUT2D eigenvalue weighted by Gasteiger charge is 2.16. The van der Waals surface area contributed by atoms with E-state index < -0.39 is 6.04 Å². The Morgan fingerprint density at radius 1 is 1.04 bits per heavy atom. The maximum Gasteiger partial charge on any atom is 0.243 e. The molecule has 0 bridgehead atoms. The quantitative estimate of drug-likeness (QED) is 0.789. The molecular formula is C19H23N3O2. The molecule has 0 heterocycles. The van der Waals surface area contributed by atoms with Crippen molar-refractivity contribution in [3.8, 4) is 0 Å². The van der Waals surface area contributed by atoms with Crippen molar-refractivity contribution in [3.63, 3.8) is 0 Å². The third-order valence-corrected chi connectivity index (χ3v) is 3.81. The molecule has 0 spiro atoms. The zero-order valence-corrected chi connectivity index (χ0v) is 14.2. The molecule has 0 saturated carbocycles. The molecule has 4 N–H and O–H groups in total. The van der Waals surface area contributed by atoms with Crippen molar-refractivity contribution in [2.75, 3.05) is 11.9 Å². The SMILES string of the molecule is Cc1cc(C)c(NC(=O)CNC(=O)C(N)c2ccccc2)c(C)c1. The average molecular weight is 325 g/mol. The predicted octanol–water partition coefficient (Wildman–Crippen LogP) is 2.37. The van der Waals surface area contributed by atoms with Crippen LogP contribution in [-0.2, 0) is 9.59 Å². The summed E-state index contributed by atoms with van der Waals surface area (Å²) in [6, 6.07) is 12.3. The van der Waals surface area contributed by atoms with Gasteiger partial charge in [0.25, 0.3) is 0 Å². The molecule has 1 atom stereocenters. The van der Waals surface area contributed by atoms with Crippen molar-refractivity contribution in [2.45, 2.75) is 26.8 Å². The number of hydrogen-bond donors (Lipinski definition) is 3. The molecule has 0 aliphatic carbocycles. The summed E-state index contributed by atoms with van der Waals surface area (Å²) in [7, 11) is 0. The van der Waals surface area contributed by atoms with Crippen LogP contribution in [0.5, 0.6) is 0 Å². The van der Waals surface area contributed by atoms with E-state index in [1.165, 1.54) is 0 Å². The van der Waals surface area contributed by atoms with Gasteiger partial charge >= 0.3 is 0 Å². The van der Waals surface area contributed by atoms with Gasteiger partial charge in [-0.3, -0.25) is 9.59 Å². The van der Waals surface area contributed by atoms with Crippen LogP contribution < -0.4 is 16.4 Å². The van der Waals surface area contributed by atoms with E-state index in [1.54, 1.807) is 12.1 Å². The van der Waals surface area contributed by atoms with E-state index >= 15 is 0 Å². The van der Waals surface area contributed by atoms with Gasteiger partial charge in [0, 0.05) is 5.69 Å². The number of amides is 2. The van der Waals surface area contributed by atoms with E-state index in [0.29, 0.717) is 5.56 Å². The first kappa shape index (κ1) is 17.7. The lowest BCUT2D eigenvalue weighted by molar-refractivity contribution is -0.125. The predicted molar refractivity (Wildman–Crippen MR) is 95.7 cm³/mol. The van der Waals surface area contributed by atoms with Crippen LogP contribution >= 0.6 is 0 Å². The van der Waals surface area contributed by atoms with Gasteiger partial charge in [0.2, 0.25) is 11.8 Å². The number of rotatable bonds is 5. The average Bonchev–Trinajstić information content (AvgIpc) is 2.56. The lowest BCUT2D eigenvalue weighted by Gasteiger charge is -2.15. The summed E-state index contributed by atoms with van der Waals surface area (Å²) in [5.41, 5.74) is 10.5. The molecule has 2 aromatic rings. The lowest BCUT2D eigenvalue weighted by atomic mass is 10.1. The topological polar surface area (TPSA) is 84.2 Å². The minimum Gasteiger partial charge on any atom is -0.345 e. The van der Waals surface area contributed by atoms with Gasteiger partial charge in [-0.05, 0) is 37.5 Å². The number of anilines is 1. The Kier molecular flexibility index (Phi) is 5.71. The number of nitrogens with two attached hydrogens (primary N) is 1. The van der Waals surface area contributed by atoms with Crippen LogP contribution in [-0.4, -0.2) is 18.4 Å². The first-order chi connectivity index (χ1) is 11.4. The fourth-order valence-electron chi connectivity index (χ4n) is 2.65. The fraction of sp³-hybridized carbons (Fsp3) is 0.263. The molecule has 2 aromatic carbocycles. The minimum absolute atomic E-state index is 0.119. The van der Waals surface area contributed by atoms with E-state index in [-0.39, 0.29) is 18.4 Å². The second-order valence-electron chi connectivity index (χ2n) is 5.93. The van der Waals surface area contributed by atoms with Gasteiger partial charge in [0.15, 0.2) is 0 Å². The highest BCUT2D eigenvalue weighted by molar-refractivity contribution is 5.96. The van der Waals surface area contributed by atoms with Crippen molar-refractivity contribution in [2.24, 2.45) is 5.73 Å². The van der Waals surface area contributed by atoms with Crippen molar-refractivity contribution in [1.29, 1.82) is 0 Å². The summed E-state index contributed by atoms with van der Waals surface area (Å²) in [6.07, 6.45) is 0. The van der Waals surface area contributed by atoms with Crippen molar-refractivity contribution in [3.05, 3.63) is 64.7 Å². The smallest absolute Gasteiger partial charge is 0.243 e. The van der Waals surface area contributed by atoms with Gasteiger partial charge in [-0.2, -0.15) is 0 Å². The minimum atomic E-state index is -0.790. The first-order valence-electron chi connectivity index (χ1n) is 7.84. The number of benzene rings is 2. The Balaban J connectivity index is 1.93. The molecule has 126 valence electrons. The molecule has 0 fully saturated rings. The van der Waals surface area contributed by atoms with E-state index in [4.69, 9.17) is 5.73 Å². The standard InChI is InChI=1S/C19H23N3O2/c1-12-9-13(2)18(14(3)10-12)22-16(23)11-21-19(24)17(20)15-7-5-4-6-8-15/h4-10,17H,11,20H2,1-3H3,(H,21,24)(H,22,23). The third-order valence-electron chi connectivity index (χ3n) is 3.81. The molecule has 5 heteroatoms. The summed E-state index contributed by atoms with van der Waals surface area (Å²) < 4.78 is 0. The molecule has 0 aliphatic rings. The van der Waals surface area contributed by atoms with Gasteiger partial charge in [0.1, 0.15) is 6.04 Å². The second kappa shape index (κ2) is 7.75. The van der Waals surface area contributed by atoms with E-state index in [9.17, 15) is 9.59 Å². The Morgan fingerprint density at radius 3 is 2.21 bits per heavy atom. The first-order valence-corrected chi connectivity index (χ1v) is 7.84. The second-order valence-corrected chi connectivity index (χ2v) is 5.93. The molecule has 2 rings (SSSR count). The Bertz CT molecular complexity index is 719. The molecular weight excluding hydrogens is 302 g/mol. The molecule has 0 aliphatic heterocycles. The summed E-state index contributed by atoms with van der Waals surface area (Å²) in [4.78, 5) is 24.2. The van der Waals surface area contributed by atoms with Gasteiger partial charge in [-0.1, -0.05) is 48.0 Å². The normalized spacial score (nSPS) is 11.7. The van der Waals surface area contributed by atoms with Gasteiger partial charge in [-0.25, -0.2) is 0 Å². The van der Waals surface area contributed by atoms with Crippen molar-refractivity contribution < 1.29 is 9.59 Å². The van der Waals surface area contributed by atoms with E-state index in [2.05, 4.69) is 10.6 Å². The molecule has 5 nitrogen and oxygen atoms in total. The van der Waals surface area contributed by atoms with E-state index in [0.717, 1.165) is 22.4 Å². The van der Waals surface area contributed by atoms with Crippen molar-refractivity contribution >= 4 is 17.5 Å². The largest absolute Gasteiger partial charge is 0.345 e. The number of nitrogens with one attached hydrogen (secondary N) is 2. The Hall–Kier alpha value is -2.66. The zero-order chi connectivity index (χ0) is 17.7. The number of carbonyl (C=O) groups excluding carboxylic acids is 2. The Labute approximate surface area is 142 Å².